The molecule has 0 bridgehead atoms. The first-order chi connectivity index (χ1) is 16.2. The molecule has 1 aliphatic rings. The number of phenolic OH excluding ortho intramolecular Hbond substituents is 1. The van der Waals surface area contributed by atoms with Gasteiger partial charge in [-0.25, -0.2) is 9.59 Å². The average molecular weight is 483 g/mol. The van der Waals surface area contributed by atoms with Crippen LogP contribution in [0.2, 0.25) is 0 Å². The van der Waals surface area contributed by atoms with E-state index in [-0.39, 0.29) is 22.6 Å². The normalized spacial score (nSPS) is 13.6. The number of hydrogen-bond donors (Lipinski definition) is 3. The molecule has 1 atom stereocenters. The number of carboxylic acid groups (broad SMARTS) is 1. The second kappa shape index (κ2) is 9.16. The summed E-state index contributed by atoms with van der Waals surface area (Å²) in [6.45, 7) is -0.259. The van der Waals surface area contributed by atoms with Gasteiger partial charge in [-0.1, -0.05) is 60.7 Å². The van der Waals surface area contributed by atoms with Crippen molar-refractivity contribution in [1.29, 1.82) is 0 Å². The standard InChI is InChI=1S/C24H21NO8S/c26-16-11-9-15(10-12-16)13-22(23(27)28)25(34(30,31)32)24(29)33-14-21-19-7-3-1-5-17(19)18-6-2-4-8-20(18)21/h1-12,21-22,26H,13-14H2,(H,27,28)(H,30,31,32)/t22-/m0/s1. The molecule has 9 nitrogen and oxygen atoms in total. The summed E-state index contributed by atoms with van der Waals surface area (Å²) in [6, 6.07) is 18.4. The number of ether oxygens (including phenoxy) is 1. The Balaban J connectivity index is 1.59. The van der Waals surface area contributed by atoms with E-state index >= 15 is 0 Å². The first kappa shape index (κ1) is 23.3. The van der Waals surface area contributed by atoms with E-state index in [0.717, 1.165) is 22.3 Å². The largest absolute Gasteiger partial charge is 0.508 e. The van der Waals surface area contributed by atoms with Crippen LogP contribution in [0.1, 0.15) is 22.6 Å². The van der Waals surface area contributed by atoms with E-state index in [4.69, 9.17) is 4.74 Å². The third-order valence-corrected chi connectivity index (χ3v) is 6.60. The Hall–Kier alpha value is -3.89. The molecule has 10 heteroatoms. The number of rotatable bonds is 7. The number of hydrogen-bond acceptors (Lipinski definition) is 6. The van der Waals surface area contributed by atoms with Gasteiger partial charge in [0.2, 0.25) is 0 Å². The minimum absolute atomic E-state index is 0.0706. The molecule has 34 heavy (non-hydrogen) atoms. The lowest BCUT2D eigenvalue weighted by Gasteiger charge is -2.25. The SMILES string of the molecule is O=C(O)[C@H](Cc1ccc(O)cc1)N(C(=O)OCC1c2ccccc2-c2ccccc21)S(=O)(=O)O. The molecule has 0 radical (unpaired) electrons. The molecule has 3 N–H and O–H groups in total. The summed E-state index contributed by atoms with van der Waals surface area (Å²) in [5, 5.41) is 19.0. The van der Waals surface area contributed by atoms with Gasteiger partial charge < -0.3 is 14.9 Å². The van der Waals surface area contributed by atoms with Crippen LogP contribution in [0.5, 0.6) is 5.75 Å². The molecule has 0 unspecified atom stereocenters. The molecule has 3 aromatic rings. The highest BCUT2D eigenvalue weighted by molar-refractivity contribution is 7.84. The summed E-state index contributed by atoms with van der Waals surface area (Å²) in [7, 11) is -5.27. The lowest BCUT2D eigenvalue weighted by atomic mass is 9.98. The third-order valence-electron chi connectivity index (χ3n) is 5.70. The Kier molecular flexibility index (Phi) is 6.27. The first-order valence-electron chi connectivity index (χ1n) is 10.3. The summed E-state index contributed by atoms with van der Waals surface area (Å²) < 4.78 is 38.8. The molecule has 0 saturated carbocycles. The minimum Gasteiger partial charge on any atom is -0.508 e. The molecule has 0 aromatic heterocycles. The Labute approximate surface area is 195 Å². The van der Waals surface area contributed by atoms with Crippen LogP contribution < -0.4 is 0 Å². The van der Waals surface area contributed by atoms with E-state index in [0.29, 0.717) is 5.56 Å². The number of nitrogens with zero attached hydrogens (tertiary/aromatic N) is 1. The molecule has 176 valence electrons. The number of carboxylic acids is 1. The zero-order valence-corrected chi connectivity index (χ0v) is 18.6. The van der Waals surface area contributed by atoms with E-state index in [9.17, 15) is 32.8 Å². The van der Waals surface area contributed by atoms with Crippen molar-refractivity contribution in [3.05, 3.63) is 89.5 Å². The Morgan fingerprint density at radius 1 is 0.912 bits per heavy atom. The van der Waals surface area contributed by atoms with Crippen LogP contribution in [0.4, 0.5) is 4.79 Å². The molecule has 0 saturated heterocycles. The fourth-order valence-electron chi connectivity index (χ4n) is 4.17. The monoisotopic (exact) mass is 483 g/mol. The smallest absolute Gasteiger partial charge is 0.426 e. The maximum atomic E-state index is 12.8. The maximum absolute atomic E-state index is 12.8. The highest BCUT2D eigenvalue weighted by atomic mass is 32.2. The predicted octanol–water partition coefficient (Wildman–Crippen LogP) is 3.44. The lowest BCUT2D eigenvalue weighted by Crippen LogP contribution is -2.49. The van der Waals surface area contributed by atoms with Gasteiger partial charge >= 0.3 is 22.4 Å². The van der Waals surface area contributed by atoms with Crippen LogP contribution in [-0.2, 0) is 26.3 Å². The van der Waals surface area contributed by atoms with E-state index < -0.39 is 34.8 Å². The quantitative estimate of drug-likeness (QED) is 0.434. The molecule has 4 rings (SSSR count). The molecule has 0 fully saturated rings. The molecule has 3 aromatic carbocycles. The van der Waals surface area contributed by atoms with Gasteiger partial charge in [0.1, 0.15) is 12.4 Å². The summed E-state index contributed by atoms with van der Waals surface area (Å²) in [4.78, 5) is 24.7. The number of amides is 1. The van der Waals surface area contributed by atoms with Gasteiger partial charge in [-0.3, -0.25) is 4.55 Å². The number of fused-ring (bicyclic) bond motifs is 3. The van der Waals surface area contributed by atoms with E-state index in [1.54, 1.807) is 0 Å². The van der Waals surface area contributed by atoms with Gasteiger partial charge in [-0.05, 0) is 39.9 Å². The highest BCUT2D eigenvalue weighted by Gasteiger charge is 2.40. The third kappa shape index (κ3) is 4.59. The Morgan fingerprint density at radius 3 is 1.94 bits per heavy atom. The molecule has 0 heterocycles. The van der Waals surface area contributed by atoms with Crippen LogP contribution in [0, 0.1) is 0 Å². The summed E-state index contributed by atoms with van der Waals surface area (Å²) in [6.07, 6.45) is -1.95. The summed E-state index contributed by atoms with van der Waals surface area (Å²) >= 11 is 0. The fourth-order valence-corrected chi connectivity index (χ4v) is 4.89. The van der Waals surface area contributed by atoms with Crippen LogP contribution in [-0.4, -0.2) is 52.2 Å². The topological polar surface area (TPSA) is 141 Å². The van der Waals surface area contributed by atoms with Gasteiger partial charge in [0.25, 0.3) is 0 Å². The number of phenols is 1. The number of aliphatic carboxylic acids is 1. The number of aromatic hydroxyl groups is 1. The van der Waals surface area contributed by atoms with Gasteiger partial charge in [-0.2, -0.15) is 12.7 Å². The second-order valence-corrected chi connectivity index (χ2v) is 9.09. The van der Waals surface area contributed by atoms with Gasteiger partial charge in [0.05, 0.1) is 0 Å². The van der Waals surface area contributed by atoms with Crippen molar-refractivity contribution in [2.75, 3.05) is 6.61 Å². The van der Waals surface area contributed by atoms with Crippen molar-refractivity contribution in [3.63, 3.8) is 0 Å². The van der Waals surface area contributed by atoms with Crippen molar-refractivity contribution in [1.82, 2.24) is 4.31 Å². The van der Waals surface area contributed by atoms with Gasteiger partial charge in [-0.15, -0.1) is 0 Å². The lowest BCUT2D eigenvalue weighted by molar-refractivity contribution is -0.141. The van der Waals surface area contributed by atoms with E-state index in [1.165, 1.54) is 24.3 Å². The molecular weight excluding hydrogens is 462 g/mol. The van der Waals surface area contributed by atoms with Crippen molar-refractivity contribution >= 4 is 22.4 Å². The van der Waals surface area contributed by atoms with Gasteiger partial charge in [0.15, 0.2) is 6.04 Å². The number of benzene rings is 3. The molecule has 0 spiro atoms. The van der Waals surface area contributed by atoms with Crippen molar-refractivity contribution in [2.24, 2.45) is 0 Å². The van der Waals surface area contributed by atoms with Gasteiger partial charge in [0, 0.05) is 12.3 Å². The minimum atomic E-state index is -5.27. The maximum Gasteiger partial charge on any atom is 0.426 e. The van der Waals surface area contributed by atoms with Crippen LogP contribution in [0.25, 0.3) is 11.1 Å². The number of carbonyl (C=O) groups excluding carboxylic acids is 1. The summed E-state index contributed by atoms with van der Waals surface area (Å²) in [5.41, 5.74) is 4.01. The second-order valence-electron chi connectivity index (χ2n) is 7.80. The Bertz CT molecular complexity index is 1290. The van der Waals surface area contributed by atoms with Crippen LogP contribution in [0.15, 0.2) is 72.8 Å². The zero-order chi connectivity index (χ0) is 24.5. The van der Waals surface area contributed by atoms with Crippen LogP contribution >= 0.6 is 0 Å². The number of carbonyl (C=O) groups is 2. The van der Waals surface area contributed by atoms with Crippen molar-refractivity contribution < 1.29 is 37.5 Å². The fraction of sp³-hybridized carbons (Fsp3) is 0.167. The van der Waals surface area contributed by atoms with Crippen molar-refractivity contribution in [2.45, 2.75) is 18.4 Å². The Morgan fingerprint density at radius 2 is 1.44 bits per heavy atom. The zero-order valence-electron chi connectivity index (χ0n) is 17.7. The van der Waals surface area contributed by atoms with Crippen LogP contribution in [0.3, 0.4) is 0 Å². The first-order valence-corrected chi connectivity index (χ1v) is 11.7. The summed E-state index contributed by atoms with van der Waals surface area (Å²) in [5.74, 6) is -2.11. The molecular formula is C24H21NO8S. The highest BCUT2D eigenvalue weighted by Crippen LogP contribution is 2.44. The predicted molar refractivity (Wildman–Crippen MR) is 122 cm³/mol. The van der Waals surface area contributed by atoms with E-state index in [1.807, 2.05) is 48.5 Å². The average Bonchev–Trinajstić information content (AvgIpc) is 3.11. The molecule has 1 amide bonds. The van der Waals surface area contributed by atoms with Crippen molar-refractivity contribution in [3.8, 4) is 16.9 Å². The molecule has 0 aliphatic heterocycles. The molecule has 1 aliphatic carbocycles. The van der Waals surface area contributed by atoms with E-state index in [2.05, 4.69) is 0 Å².